The van der Waals surface area contributed by atoms with Gasteiger partial charge >= 0.3 is 6.03 Å². The van der Waals surface area contributed by atoms with Gasteiger partial charge in [-0.05, 0) is 53.5 Å². The molecule has 0 bridgehead atoms. The van der Waals surface area contributed by atoms with E-state index in [-0.39, 0.29) is 23.9 Å². The van der Waals surface area contributed by atoms with Gasteiger partial charge < -0.3 is 20.3 Å². The minimum atomic E-state index is -0.365. The third kappa shape index (κ3) is 7.41. The maximum Gasteiger partial charge on any atom is 0.322 e. The number of carbonyl (C=O) groups is 2. The molecule has 3 rings (SSSR count). The van der Waals surface area contributed by atoms with Crippen molar-refractivity contribution in [1.82, 2.24) is 14.7 Å². The standard InChI is InChI=1S/C27H34BrN5O3/c1-19-11-13-20(14-12-19)33-24(17-23(31-33)27(2,3)4)30-25(34)18-32(15-8-16-36-5)26(35)29-22-10-7-6-9-21(22)28/h6-7,9-14,17H,8,15-16,18H2,1-5H3,(H,29,35)(H,30,34). The van der Waals surface area contributed by atoms with Crippen LogP contribution < -0.4 is 10.6 Å². The molecule has 1 heterocycles. The molecule has 3 aromatic rings. The van der Waals surface area contributed by atoms with E-state index in [9.17, 15) is 9.59 Å². The Morgan fingerprint density at radius 3 is 2.42 bits per heavy atom. The number of aromatic nitrogens is 2. The molecule has 2 aromatic carbocycles. The predicted octanol–water partition coefficient (Wildman–Crippen LogP) is 5.75. The quantitative estimate of drug-likeness (QED) is 0.329. The van der Waals surface area contributed by atoms with Crippen molar-refractivity contribution in [2.75, 3.05) is 37.4 Å². The van der Waals surface area contributed by atoms with Crippen LogP contribution in [0.2, 0.25) is 0 Å². The summed E-state index contributed by atoms with van der Waals surface area (Å²) in [5, 5.41) is 10.6. The van der Waals surface area contributed by atoms with Crippen LogP contribution in [-0.4, -0.2) is 53.4 Å². The van der Waals surface area contributed by atoms with Crippen molar-refractivity contribution in [2.24, 2.45) is 0 Å². The first kappa shape index (κ1) is 27.4. The number of anilines is 2. The third-order valence-corrected chi connectivity index (χ3v) is 6.23. The SMILES string of the molecule is COCCCN(CC(=O)Nc1cc(C(C)(C)C)nn1-c1ccc(C)cc1)C(=O)Nc1ccccc1Br. The fourth-order valence-corrected chi connectivity index (χ4v) is 3.87. The number of hydrogen-bond donors (Lipinski definition) is 2. The molecule has 36 heavy (non-hydrogen) atoms. The van der Waals surface area contributed by atoms with Crippen molar-refractivity contribution in [3.05, 3.63) is 70.3 Å². The summed E-state index contributed by atoms with van der Waals surface area (Å²) in [5.74, 6) is 0.236. The molecule has 1 aromatic heterocycles. The highest BCUT2D eigenvalue weighted by Crippen LogP contribution is 2.26. The maximum absolute atomic E-state index is 13.2. The van der Waals surface area contributed by atoms with Crippen molar-refractivity contribution in [2.45, 2.75) is 39.5 Å². The number of para-hydroxylation sites is 1. The molecule has 0 saturated heterocycles. The van der Waals surface area contributed by atoms with Crippen LogP contribution in [0.5, 0.6) is 0 Å². The zero-order chi connectivity index (χ0) is 26.3. The fraction of sp³-hybridized carbons (Fsp3) is 0.370. The topological polar surface area (TPSA) is 88.5 Å². The number of benzene rings is 2. The Kier molecular flexibility index (Phi) is 9.28. The first-order valence-electron chi connectivity index (χ1n) is 11.9. The number of halogens is 1. The van der Waals surface area contributed by atoms with Crippen molar-refractivity contribution >= 4 is 39.4 Å². The zero-order valence-corrected chi connectivity index (χ0v) is 23.1. The molecule has 0 spiro atoms. The first-order chi connectivity index (χ1) is 17.1. The summed E-state index contributed by atoms with van der Waals surface area (Å²) >= 11 is 3.44. The van der Waals surface area contributed by atoms with Gasteiger partial charge in [0.15, 0.2) is 0 Å². The Balaban J connectivity index is 1.81. The monoisotopic (exact) mass is 555 g/mol. The largest absolute Gasteiger partial charge is 0.385 e. The van der Waals surface area contributed by atoms with E-state index in [1.165, 1.54) is 4.90 Å². The summed E-state index contributed by atoms with van der Waals surface area (Å²) < 4.78 is 7.63. The smallest absolute Gasteiger partial charge is 0.322 e. The predicted molar refractivity (Wildman–Crippen MR) is 147 cm³/mol. The molecule has 0 unspecified atom stereocenters. The first-order valence-corrected chi connectivity index (χ1v) is 12.6. The fourth-order valence-electron chi connectivity index (χ4n) is 3.48. The molecule has 8 nitrogen and oxygen atoms in total. The lowest BCUT2D eigenvalue weighted by Gasteiger charge is -2.23. The number of ether oxygens (including phenoxy) is 1. The Labute approximate surface area is 221 Å². The highest BCUT2D eigenvalue weighted by atomic mass is 79.9. The lowest BCUT2D eigenvalue weighted by atomic mass is 9.92. The second-order valence-electron chi connectivity index (χ2n) is 9.64. The number of hydrogen-bond acceptors (Lipinski definition) is 4. The van der Waals surface area contributed by atoms with Crippen LogP contribution >= 0.6 is 15.9 Å². The molecule has 3 amide bonds. The van der Waals surface area contributed by atoms with Gasteiger partial charge in [-0.3, -0.25) is 4.79 Å². The van der Waals surface area contributed by atoms with Crippen LogP contribution in [0.15, 0.2) is 59.1 Å². The molecule has 2 N–H and O–H groups in total. The summed E-state index contributed by atoms with van der Waals surface area (Å²) in [5.41, 5.74) is 3.25. The maximum atomic E-state index is 13.2. The average Bonchev–Trinajstić information content (AvgIpc) is 3.24. The Morgan fingerprint density at radius 1 is 1.08 bits per heavy atom. The lowest BCUT2D eigenvalue weighted by Crippen LogP contribution is -2.41. The van der Waals surface area contributed by atoms with Gasteiger partial charge in [-0.15, -0.1) is 0 Å². The summed E-state index contributed by atoms with van der Waals surface area (Å²) in [4.78, 5) is 27.7. The van der Waals surface area contributed by atoms with Crippen molar-refractivity contribution in [1.29, 1.82) is 0 Å². The van der Waals surface area contributed by atoms with E-state index in [0.717, 1.165) is 21.4 Å². The number of nitrogens with one attached hydrogen (secondary N) is 2. The number of urea groups is 1. The summed E-state index contributed by atoms with van der Waals surface area (Å²) in [6.07, 6.45) is 0.600. The number of aryl methyl sites for hydroxylation is 1. The minimum absolute atomic E-state index is 0.121. The van der Waals surface area contributed by atoms with E-state index < -0.39 is 0 Å². The molecule has 192 valence electrons. The Morgan fingerprint density at radius 2 is 1.78 bits per heavy atom. The molecule has 0 saturated carbocycles. The van der Waals surface area contributed by atoms with Crippen molar-refractivity contribution in [3.63, 3.8) is 0 Å². The lowest BCUT2D eigenvalue weighted by molar-refractivity contribution is -0.116. The van der Waals surface area contributed by atoms with E-state index >= 15 is 0 Å². The molecule has 9 heteroatoms. The van der Waals surface area contributed by atoms with Gasteiger partial charge in [-0.2, -0.15) is 5.10 Å². The van der Waals surface area contributed by atoms with Crippen LogP contribution in [0.4, 0.5) is 16.3 Å². The highest BCUT2D eigenvalue weighted by molar-refractivity contribution is 9.10. The van der Waals surface area contributed by atoms with E-state index in [1.807, 2.05) is 55.5 Å². The number of rotatable bonds is 9. The number of nitrogens with zero attached hydrogens (tertiary/aromatic N) is 3. The van der Waals surface area contributed by atoms with Gasteiger partial charge in [0.25, 0.3) is 0 Å². The molecule has 0 aliphatic rings. The molecule has 0 radical (unpaired) electrons. The molecule has 0 fully saturated rings. The summed E-state index contributed by atoms with van der Waals surface area (Å²) in [6.45, 7) is 8.97. The van der Waals surface area contributed by atoms with Crippen LogP contribution in [0.1, 0.15) is 38.4 Å². The van der Waals surface area contributed by atoms with E-state index in [0.29, 0.717) is 31.1 Å². The van der Waals surface area contributed by atoms with Crippen molar-refractivity contribution < 1.29 is 14.3 Å². The number of amides is 3. The van der Waals surface area contributed by atoms with E-state index in [4.69, 9.17) is 9.84 Å². The van der Waals surface area contributed by atoms with Crippen LogP contribution in [0.25, 0.3) is 5.69 Å². The van der Waals surface area contributed by atoms with Gasteiger partial charge in [0.1, 0.15) is 12.4 Å². The van der Waals surface area contributed by atoms with Crippen LogP contribution in [0.3, 0.4) is 0 Å². The zero-order valence-electron chi connectivity index (χ0n) is 21.5. The van der Waals surface area contributed by atoms with Crippen molar-refractivity contribution in [3.8, 4) is 5.69 Å². The molecule has 0 aliphatic heterocycles. The number of carbonyl (C=O) groups excluding carboxylic acids is 2. The minimum Gasteiger partial charge on any atom is -0.385 e. The van der Waals surface area contributed by atoms with Gasteiger partial charge in [0.2, 0.25) is 5.91 Å². The summed E-state index contributed by atoms with van der Waals surface area (Å²) in [7, 11) is 1.61. The van der Waals surface area contributed by atoms with Gasteiger partial charge in [-0.25, -0.2) is 9.48 Å². The average molecular weight is 557 g/mol. The third-order valence-electron chi connectivity index (χ3n) is 5.54. The Hall–Kier alpha value is -3.17. The van der Waals surface area contributed by atoms with E-state index in [1.54, 1.807) is 17.9 Å². The van der Waals surface area contributed by atoms with Gasteiger partial charge in [0, 0.05) is 36.2 Å². The Bertz CT molecular complexity index is 1180. The summed E-state index contributed by atoms with van der Waals surface area (Å²) in [6, 6.07) is 16.8. The molecular weight excluding hydrogens is 522 g/mol. The van der Waals surface area contributed by atoms with Gasteiger partial charge in [-0.1, -0.05) is 50.6 Å². The van der Waals surface area contributed by atoms with Gasteiger partial charge in [0.05, 0.1) is 17.1 Å². The van der Waals surface area contributed by atoms with E-state index in [2.05, 4.69) is 47.3 Å². The highest BCUT2D eigenvalue weighted by Gasteiger charge is 2.23. The number of methoxy groups -OCH3 is 1. The second kappa shape index (κ2) is 12.2. The molecule has 0 atom stereocenters. The molecule has 0 aliphatic carbocycles. The normalized spacial score (nSPS) is 11.3. The second-order valence-corrected chi connectivity index (χ2v) is 10.5. The van der Waals surface area contributed by atoms with Crippen LogP contribution in [-0.2, 0) is 14.9 Å². The molecular formula is C27H34BrN5O3. The van der Waals surface area contributed by atoms with Crippen LogP contribution in [0, 0.1) is 6.92 Å².